The van der Waals surface area contributed by atoms with Gasteiger partial charge < -0.3 is 14.5 Å². The van der Waals surface area contributed by atoms with Crippen molar-refractivity contribution >= 4 is 15.9 Å². The van der Waals surface area contributed by atoms with Crippen LogP contribution in [0.5, 0.6) is 0 Å². The Balaban J connectivity index is 1.82. The summed E-state index contributed by atoms with van der Waals surface area (Å²) < 4.78 is 12.5. The van der Waals surface area contributed by atoms with Gasteiger partial charge in [0, 0.05) is 16.6 Å². The van der Waals surface area contributed by atoms with Crippen LogP contribution < -0.4 is 5.32 Å². The molecule has 0 atom stereocenters. The van der Waals surface area contributed by atoms with Crippen LogP contribution in [0.25, 0.3) is 0 Å². The summed E-state index contributed by atoms with van der Waals surface area (Å²) in [5.41, 5.74) is 2.36. The van der Waals surface area contributed by atoms with Crippen LogP contribution in [0.3, 0.4) is 0 Å². The maximum atomic E-state index is 5.73. The van der Waals surface area contributed by atoms with Crippen molar-refractivity contribution < 1.29 is 9.15 Å². The number of halogens is 1. The number of nitrogens with one attached hydrogen (secondary N) is 1. The maximum Gasteiger partial charge on any atom is 0.130 e. The second kappa shape index (κ2) is 8.37. The standard InChI is InChI=1S/C17H22BrNO2/c1-3-7-19-10-15-9-17(21-13(15)2)12-20-11-14-5-4-6-16(18)8-14/h4-6,8-9,19H,3,7,10-12H2,1-2H3. The quantitative estimate of drug-likeness (QED) is 0.707. The van der Waals surface area contributed by atoms with Crippen LogP contribution in [0.4, 0.5) is 0 Å². The number of ether oxygens (including phenoxy) is 1. The summed E-state index contributed by atoms with van der Waals surface area (Å²) in [4.78, 5) is 0. The van der Waals surface area contributed by atoms with Gasteiger partial charge in [-0.1, -0.05) is 35.0 Å². The van der Waals surface area contributed by atoms with Gasteiger partial charge in [-0.2, -0.15) is 0 Å². The third-order valence-corrected chi connectivity index (χ3v) is 3.71. The highest BCUT2D eigenvalue weighted by molar-refractivity contribution is 9.10. The number of benzene rings is 1. The SMILES string of the molecule is CCCNCc1cc(COCc2cccc(Br)c2)oc1C. The lowest BCUT2D eigenvalue weighted by molar-refractivity contribution is 0.0923. The molecule has 2 rings (SSSR count). The van der Waals surface area contributed by atoms with Gasteiger partial charge in [-0.3, -0.25) is 0 Å². The molecule has 4 heteroatoms. The summed E-state index contributed by atoms with van der Waals surface area (Å²) in [6, 6.07) is 10.2. The lowest BCUT2D eigenvalue weighted by Crippen LogP contribution is -2.13. The Morgan fingerprint density at radius 2 is 2.10 bits per heavy atom. The van der Waals surface area contributed by atoms with E-state index in [0.29, 0.717) is 13.2 Å². The van der Waals surface area contributed by atoms with E-state index in [1.165, 1.54) is 5.56 Å². The van der Waals surface area contributed by atoms with E-state index in [0.717, 1.165) is 41.1 Å². The second-order valence-electron chi connectivity index (χ2n) is 5.09. The van der Waals surface area contributed by atoms with Crippen molar-refractivity contribution in [3.8, 4) is 0 Å². The fraction of sp³-hybridized carbons (Fsp3) is 0.412. The number of aryl methyl sites for hydroxylation is 1. The minimum Gasteiger partial charge on any atom is -0.464 e. The lowest BCUT2D eigenvalue weighted by Gasteiger charge is -2.03. The van der Waals surface area contributed by atoms with Gasteiger partial charge in [-0.25, -0.2) is 0 Å². The second-order valence-corrected chi connectivity index (χ2v) is 6.01. The maximum absolute atomic E-state index is 5.73. The highest BCUT2D eigenvalue weighted by Gasteiger charge is 2.07. The van der Waals surface area contributed by atoms with Crippen molar-refractivity contribution in [2.75, 3.05) is 6.54 Å². The van der Waals surface area contributed by atoms with Gasteiger partial charge in [0.05, 0.1) is 6.61 Å². The molecule has 0 aliphatic rings. The topological polar surface area (TPSA) is 34.4 Å². The smallest absolute Gasteiger partial charge is 0.130 e. The Kier molecular flexibility index (Phi) is 6.49. The van der Waals surface area contributed by atoms with Crippen molar-refractivity contribution in [2.24, 2.45) is 0 Å². The number of rotatable bonds is 8. The monoisotopic (exact) mass is 351 g/mol. The molecule has 0 saturated heterocycles. The third kappa shape index (κ3) is 5.30. The molecule has 1 N–H and O–H groups in total. The first-order chi connectivity index (χ1) is 10.2. The normalized spacial score (nSPS) is 11.0. The number of hydrogen-bond donors (Lipinski definition) is 1. The molecule has 21 heavy (non-hydrogen) atoms. The van der Waals surface area contributed by atoms with E-state index < -0.39 is 0 Å². The molecule has 0 fully saturated rings. The average molecular weight is 352 g/mol. The molecule has 1 aromatic carbocycles. The van der Waals surface area contributed by atoms with E-state index in [-0.39, 0.29) is 0 Å². The van der Waals surface area contributed by atoms with Crippen LogP contribution in [0.2, 0.25) is 0 Å². The van der Waals surface area contributed by atoms with E-state index in [2.05, 4.69) is 46.4 Å². The van der Waals surface area contributed by atoms with Crippen molar-refractivity contribution in [3.63, 3.8) is 0 Å². The Morgan fingerprint density at radius 3 is 2.86 bits per heavy atom. The van der Waals surface area contributed by atoms with Crippen LogP contribution in [0, 0.1) is 6.92 Å². The van der Waals surface area contributed by atoms with Gasteiger partial charge in [0.15, 0.2) is 0 Å². The number of hydrogen-bond acceptors (Lipinski definition) is 3. The van der Waals surface area contributed by atoms with Gasteiger partial charge in [0.2, 0.25) is 0 Å². The summed E-state index contributed by atoms with van der Waals surface area (Å²) >= 11 is 3.46. The predicted molar refractivity (Wildman–Crippen MR) is 88.1 cm³/mol. The van der Waals surface area contributed by atoms with E-state index in [1.54, 1.807) is 0 Å². The highest BCUT2D eigenvalue weighted by Crippen LogP contribution is 2.17. The molecule has 2 aromatic rings. The molecule has 1 heterocycles. The molecule has 0 spiro atoms. The Hall–Kier alpha value is -1.10. The molecular weight excluding hydrogens is 330 g/mol. The zero-order valence-electron chi connectivity index (χ0n) is 12.6. The molecule has 0 amide bonds. The van der Waals surface area contributed by atoms with Crippen LogP contribution in [-0.2, 0) is 24.5 Å². The van der Waals surface area contributed by atoms with Gasteiger partial charge in [-0.15, -0.1) is 0 Å². The van der Waals surface area contributed by atoms with Gasteiger partial charge in [0.1, 0.15) is 18.1 Å². The molecule has 0 saturated carbocycles. The van der Waals surface area contributed by atoms with Crippen molar-refractivity contribution in [1.82, 2.24) is 5.32 Å². The summed E-state index contributed by atoms with van der Waals surface area (Å²) in [5, 5.41) is 3.39. The van der Waals surface area contributed by atoms with E-state index >= 15 is 0 Å². The Labute approximate surface area is 134 Å². The van der Waals surface area contributed by atoms with Crippen molar-refractivity contribution in [2.45, 2.75) is 40.0 Å². The highest BCUT2D eigenvalue weighted by atomic mass is 79.9. The van der Waals surface area contributed by atoms with Crippen LogP contribution in [-0.4, -0.2) is 6.54 Å². The van der Waals surface area contributed by atoms with E-state index in [1.807, 2.05) is 19.1 Å². The van der Waals surface area contributed by atoms with Gasteiger partial charge in [0.25, 0.3) is 0 Å². The third-order valence-electron chi connectivity index (χ3n) is 3.22. The molecule has 0 aliphatic carbocycles. The molecule has 114 valence electrons. The number of furan rings is 1. The Bertz CT molecular complexity index is 566. The summed E-state index contributed by atoms with van der Waals surface area (Å²) in [5.74, 6) is 1.86. The zero-order chi connectivity index (χ0) is 15.1. The van der Waals surface area contributed by atoms with Gasteiger partial charge in [-0.05, 0) is 43.7 Å². The van der Waals surface area contributed by atoms with Gasteiger partial charge >= 0.3 is 0 Å². The van der Waals surface area contributed by atoms with Crippen LogP contribution in [0.15, 0.2) is 39.2 Å². The van der Waals surface area contributed by atoms with Crippen molar-refractivity contribution in [1.29, 1.82) is 0 Å². The van der Waals surface area contributed by atoms with Crippen LogP contribution in [0.1, 0.15) is 36.0 Å². The zero-order valence-corrected chi connectivity index (χ0v) is 14.2. The van der Waals surface area contributed by atoms with E-state index in [9.17, 15) is 0 Å². The average Bonchev–Trinajstić information content (AvgIpc) is 2.80. The minimum atomic E-state index is 0.501. The molecule has 1 aromatic heterocycles. The molecule has 3 nitrogen and oxygen atoms in total. The van der Waals surface area contributed by atoms with Crippen molar-refractivity contribution in [3.05, 3.63) is 57.5 Å². The molecular formula is C17H22BrNO2. The fourth-order valence-electron chi connectivity index (χ4n) is 2.13. The summed E-state index contributed by atoms with van der Waals surface area (Å²) in [6.45, 7) is 7.13. The molecule has 0 radical (unpaired) electrons. The minimum absolute atomic E-state index is 0.501. The first-order valence-electron chi connectivity index (χ1n) is 7.30. The predicted octanol–water partition coefficient (Wildman–Crippen LogP) is 4.57. The summed E-state index contributed by atoms with van der Waals surface area (Å²) in [6.07, 6.45) is 1.14. The first kappa shape index (κ1) is 16.3. The molecule has 0 unspecified atom stereocenters. The summed E-state index contributed by atoms with van der Waals surface area (Å²) in [7, 11) is 0. The largest absolute Gasteiger partial charge is 0.464 e. The fourth-order valence-corrected chi connectivity index (χ4v) is 2.58. The molecule has 0 aliphatic heterocycles. The Morgan fingerprint density at radius 1 is 1.24 bits per heavy atom. The molecule has 0 bridgehead atoms. The van der Waals surface area contributed by atoms with Crippen LogP contribution >= 0.6 is 15.9 Å². The van der Waals surface area contributed by atoms with E-state index in [4.69, 9.17) is 9.15 Å². The first-order valence-corrected chi connectivity index (χ1v) is 8.09. The lowest BCUT2D eigenvalue weighted by atomic mass is 10.2.